The second kappa shape index (κ2) is 6.71. The molecular formula is C18H17N3OS. The van der Waals surface area contributed by atoms with Gasteiger partial charge in [-0.15, -0.1) is 11.3 Å². The van der Waals surface area contributed by atoms with E-state index in [2.05, 4.69) is 15.3 Å². The average Bonchev–Trinajstić information content (AvgIpc) is 2.89. The largest absolute Gasteiger partial charge is 0.321 e. The minimum atomic E-state index is -0.105. The molecule has 116 valence electrons. The fourth-order valence-electron chi connectivity index (χ4n) is 2.44. The molecule has 0 aliphatic heterocycles. The third kappa shape index (κ3) is 3.63. The third-order valence-corrected chi connectivity index (χ3v) is 4.56. The Bertz CT molecular complexity index is 827. The van der Waals surface area contributed by atoms with Crippen LogP contribution in [0.4, 0.5) is 5.69 Å². The number of anilines is 1. The summed E-state index contributed by atoms with van der Waals surface area (Å²) >= 11 is 1.42. The predicted octanol–water partition coefficient (Wildman–Crippen LogP) is 4.00. The van der Waals surface area contributed by atoms with Crippen molar-refractivity contribution in [3.63, 3.8) is 0 Å². The van der Waals surface area contributed by atoms with Crippen LogP contribution in [-0.2, 0) is 6.42 Å². The van der Waals surface area contributed by atoms with E-state index in [1.807, 2.05) is 56.4 Å². The van der Waals surface area contributed by atoms with Crippen molar-refractivity contribution in [2.24, 2.45) is 0 Å². The monoisotopic (exact) mass is 323 g/mol. The zero-order valence-electron chi connectivity index (χ0n) is 13.0. The van der Waals surface area contributed by atoms with Gasteiger partial charge in [-0.25, -0.2) is 4.98 Å². The fraction of sp³-hybridized carbons (Fsp3) is 0.167. The molecule has 3 rings (SSSR count). The number of aryl methyl sites for hydroxylation is 2. The summed E-state index contributed by atoms with van der Waals surface area (Å²) in [5, 5.41) is 3.91. The molecule has 5 heteroatoms. The highest BCUT2D eigenvalue weighted by molar-refractivity contribution is 7.13. The number of carbonyl (C=O) groups is 1. The van der Waals surface area contributed by atoms with Crippen LogP contribution in [0.2, 0.25) is 0 Å². The first-order chi connectivity index (χ1) is 11.1. The lowest BCUT2D eigenvalue weighted by atomic mass is 10.0. The Morgan fingerprint density at radius 1 is 1.17 bits per heavy atom. The smallest absolute Gasteiger partial charge is 0.267 e. The molecule has 0 radical (unpaired) electrons. The number of rotatable bonds is 4. The maximum Gasteiger partial charge on any atom is 0.267 e. The van der Waals surface area contributed by atoms with E-state index in [9.17, 15) is 4.79 Å². The highest BCUT2D eigenvalue weighted by atomic mass is 32.1. The standard InChI is InChI=1S/C18H17N3OS/c1-12-17(23-13(2)20-12)18(22)21-16-8-4-3-7-15(16)10-14-6-5-9-19-11-14/h3-9,11H,10H2,1-2H3,(H,21,22). The molecule has 0 spiro atoms. The minimum Gasteiger partial charge on any atom is -0.321 e. The number of para-hydroxylation sites is 1. The number of amides is 1. The first-order valence-electron chi connectivity index (χ1n) is 7.35. The number of pyridine rings is 1. The molecule has 2 aromatic heterocycles. The highest BCUT2D eigenvalue weighted by Gasteiger charge is 2.15. The molecule has 0 aliphatic rings. The number of aromatic nitrogens is 2. The van der Waals surface area contributed by atoms with Gasteiger partial charge in [-0.3, -0.25) is 9.78 Å². The normalized spacial score (nSPS) is 10.5. The van der Waals surface area contributed by atoms with Gasteiger partial charge in [0.05, 0.1) is 10.7 Å². The maximum atomic E-state index is 12.5. The average molecular weight is 323 g/mol. The molecule has 1 N–H and O–H groups in total. The van der Waals surface area contributed by atoms with Gasteiger partial charge in [0.2, 0.25) is 0 Å². The second-order valence-electron chi connectivity index (χ2n) is 5.30. The summed E-state index contributed by atoms with van der Waals surface area (Å²) in [5.41, 5.74) is 3.77. The Balaban J connectivity index is 1.83. The van der Waals surface area contributed by atoms with Crippen LogP contribution in [0.3, 0.4) is 0 Å². The van der Waals surface area contributed by atoms with E-state index in [0.717, 1.165) is 33.9 Å². The van der Waals surface area contributed by atoms with Crippen LogP contribution in [0.1, 0.15) is 31.5 Å². The molecule has 3 aromatic rings. The zero-order chi connectivity index (χ0) is 16.2. The molecule has 0 saturated heterocycles. The molecule has 0 aliphatic carbocycles. The van der Waals surface area contributed by atoms with Crippen LogP contribution in [-0.4, -0.2) is 15.9 Å². The summed E-state index contributed by atoms with van der Waals surface area (Å²) in [6.45, 7) is 3.77. The Morgan fingerprint density at radius 2 is 2.00 bits per heavy atom. The van der Waals surface area contributed by atoms with Gasteiger partial charge in [0.15, 0.2) is 0 Å². The van der Waals surface area contributed by atoms with E-state index in [1.54, 1.807) is 6.20 Å². The van der Waals surface area contributed by atoms with Crippen molar-refractivity contribution >= 4 is 22.9 Å². The summed E-state index contributed by atoms with van der Waals surface area (Å²) in [4.78, 5) is 21.6. The van der Waals surface area contributed by atoms with Gasteiger partial charge >= 0.3 is 0 Å². The van der Waals surface area contributed by atoms with Crippen LogP contribution in [0.15, 0.2) is 48.8 Å². The summed E-state index contributed by atoms with van der Waals surface area (Å²) in [7, 11) is 0. The van der Waals surface area contributed by atoms with Crippen LogP contribution in [0, 0.1) is 13.8 Å². The lowest BCUT2D eigenvalue weighted by Crippen LogP contribution is -2.13. The number of benzene rings is 1. The highest BCUT2D eigenvalue weighted by Crippen LogP contribution is 2.22. The van der Waals surface area contributed by atoms with Crippen molar-refractivity contribution in [3.8, 4) is 0 Å². The Kier molecular flexibility index (Phi) is 4.48. The zero-order valence-corrected chi connectivity index (χ0v) is 13.9. The Labute approximate surface area is 139 Å². The molecule has 0 bridgehead atoms. The molecule has 23 heavy (non-hydrogen) atoms. The van der Waals surface area contributed by atoms with Crippen molar-refractivity contribution in [1.82, 2.24) is 9.97 Å². The van der Waals surface area contributed by atoms with Crippen LogP contribution >= 0.6 is 11.3 Å². The van der Waals surface area contributed by atoms with Gasteiger partial charge in [0.25, 0.3) is 5.91 Å². The van der Waals surface area contributed by atoms with Crippen molar-refractivity contribution in [1.29, 1.82) is 0 Å². The van der Waals surface area contributed by atoms with E-state index in [0.29, 0.717) is 4.88 Å². The number of carbonyl (C=O) groups excluding carboxylic acids is 1. The number of nitrogens with one attached hydrogen (secondary N) is 1. The second-order valence-corrected chi connectivity index (χ2v) is 6.50. The summed E-state index contributed by atoms with van der Waals surface area (Å²) in [5.74, 6) is -0.105. The molecule has 2 heterocycles. The molecular weight excluding hydrogens is 306 g/mol. The van der Waals surface area contributed by atoms with Gasteiger partial charge in [0.1, 0.15) is 4.88 Å². The summed E-state index contributed by atoms with van der Waals surface area (Å²) < 4.78 is 0. The first-order valence-corrected chi connectivity index (χ1v) is 8.17. The summed E-state index contributed by atoms with van der Waals surface area (Å²) in [6.07, 6.45) is 4.33. The molecule has 0 fully saturated rings. The molecule has 0 saturated carbocycles. The van der Waals surface area contributed by atoms with Crippen LogP contribution in [0.25, 0.3) is 0 Å². The van der Waals surface area contributed by atoms with Gasteiger partial charge in [-0.2, -0.15) is 0 Å². The summed E-state index contributed by atoms with van der Waals surface area (Å²) in [6, 6.07) is 11.8. The third-order valence-electron chi connectivity index (χ3n) is 3.49. The Morgan fingerprint density at radius 3 is 2.70 bits per heavy atom. The van der Waals surface area contributed by atoms with Crippen molar-refractivity contribution in [2.45, 2.75) is 20.3 Å². The van der Waals surface area contributed by atoms with Gasteiger partial charge < -0.3 is 5.32 Å². The first kappa shape index (κ1) is 15.4. The fourth-order valence-corrected chi connectivity index (χ4v) is 3.26. The SMILES string of the molecule is Cc1nc(C)c(C(=O)Nc2ccccc2Cc2cccnc2)s1. The Hall–Kier alpha value is -2.53. The molecule has 1 amide bonds. The van der Waals surface area contributed by atoms with Gasteiger partial charge in [0, 0.05) is 24.5 Å². The van der Waals surface area contributed by atoms with Gasteiger partial charge in [-0.05, 0) is 37.1 Å². The molecule has 0 unspecified atom stereocenters. The lowest BCUT2D eigenvalue weighted by molar-refractivity contribution is 0.102. The predicted molar refractivity (Wildman–Crippen MR) is 93.0 cm³/mol. The minimum absolute atomic E-state index is 0.105. The number of hydrogen-bond donors (Lipinski definition) is 1. The van der Waals surface area contributed by atoms with E-state index in [1.165, 1.54) is 11.3 Å². The van der Waals surface area contributed by atoms with Crippen LogP contribution in [0.5, 0.6) is 0 Å². The van der Waals surface area contributed by atoms with E-state index < -0.39 is 0 Å². The quantitative estimate of drug-likeness (QED) is 0.789. The van der Waals surface area contributed by atoms with E-state index in [4.69, 9.17) is 0 Å². The van der Waals surface area contributed by atoms with Crippen LogP contribution < -0.4 is 5.32 Å². The maximum absolute atomic E-state index is 12.5. The van der Waals surface area contributed by atoms with Crippen molar-refractivity contribution < 1.29 is 4.79 Å². The molecule has 0 atom stereocenters. The number of hydrogen-bond acceptors (Lipinski definition) is 4. The van der Waals surface area contributed by atoms with Gasteiger partial charge in [-0.1, -0.05) is 24.3 Å². The topological polar surface area (TPSA) is 54.9 Å². The lowest BCUT2D eigenvalue weighted by Gasteiger charge is -2.10. The molecule has 4 nitrogen and oxygen atoms in total. The number of nitrogens with zero attached hydrogens (tertiary/aromatic N) is 2. The van der Waals surface area contributed by atoms with Crippen molar-refractivity contribution in [3.05, 3.63) is 75.5 Å². The van der Waals surface area contributed by atoms with Crippen molar-refractivity contribution in [2.75, 3.05) is 5.32 Å². The van der Waals surface area contributed by atoms with E-state index >= 15 is 0 Å². The number of thiazole rings is 1. The molecule has 1 aromatic carbocycles. The van der Waals surface area contributed by atoms with E-state index in [-0.39, 0.29) is 5.91 Å².